The molecule has 1 fully saturated rings. The zero-order valence-corrected chi connectivity index (χ0v) is 11.4. The van der Waals surface area contributed by atoms with Crippen molar-refractivity contribution >= 4 is 10.0 Å². The summed E-state index contributed by atoms with van der Waals surface area (Å²) >= 11 is 0. The number of benzene rings is 1. The average Bonchev–Trinajstić information content (AvgIpc) is 2.40. The molecule has 0 unspecified atom stereocenters. The van der Waals surface area contributed by atoms with Crippen molar-refractivity contribution in [1.82, 2.24) is 10.0 Å². The van der Waals surface area contributed by atoms with Crippen LogP contribution in [0.4, 0.5) is 0 Å². The van der Waals surface area contributed by atoms with Crippen LogP contribution >= 0.6 is 0 Å². The Morgan fingerprint density at radius 1 is 1.37 bits per heavy atom. The zero-order valence-electron chi connectivity index (χ0n) is 10.6. The highest BCUT2D eigenvalue weighted by Crippen LogP contribution is 2.13. The Hall–Kier alpha value is -1.42. The summed E-state index contributed by atoms with van der Waals surface area (Å²) in [5, 5.41) is 11.7. The lowest BCUT2D eigenvalue weighted by Crippen LogP contribution is -2.45. The van der Waals surface area contributed by atoms with E-state index >= 15 is 0 Å². The first kappa shape index (κ1) is 14.0. The van der Waals surface area contributed by atoms with E-state index in [4.69, 9.17) is 5.26 Å². The average molecular weight is 279 g/mol. The second-order valence-electron chi connectivity index (χ2n) is 4.64. The van der Waals surface area contributed by atoms with Gasteiger partial charge >= 0.3 is 0 Å². The van der Waals surface area contributed by atoms with E-state index in [1.165, 1.54) is 0 Å². The molecule has 1 aromatic carbocycles. The van der Waals surface area contributed by atoms with Gasteiger partial charge in [-0.2, -0.15) is 5.26 Å². The monoisotopic (exact) mass is 279 g/mol. The Morgan fingerprint density at radius 3 is 2.68 bits per heavy atom. The van der Waals surface area contributed by atoms with Crippen LogP contribution in [-0.2, 0) is 16.4 Å². The maximum Gasteiger partial charge on any atom is 0.240 e. The standard InChI is InChI=1S/C13H17N3O2S/c14-8-7-11-3-5-13(6-4-11)19(17,18)16-12-2-1-9-15-10-12/h3-6,12,15-16H,1-2,7,9-10H2/t12-/m1/s1. The van der Waals surface area contributed by atoms with Crippen molar-refractivity contribution in [2.45, 2.75) is 30.2 Å². The molecule has 2 rings (SSSR count). The lowest BCUT2D eigenvalue weighted by molar-refractivity contribution is 0.428. The lowest BCUT2D eigenvalue weighted by atomic mass is 10.1. The summed E-state index contributed by atoms with van der Waals surface area (Å²) in [4.78, 5) is 0.250. The number of piperidine rings is 1. The van der Waals surface area contributed by atoms with Crippen molar-refractivity contribution in [2.24, 2.45) is 0 Å². The Balaban J connectivity index is 2.08. The van der Waals surface area contributed by atoms with E-state index in [9.17, 15) is 8.42 Å². The minimum absolute atomic E-state index is 0.0439. The van der Waals surface area contributed by atoms with Gasteiger partial charge in [0, 0.05) is 12.6 Å². The van der Waals surface area contributed by atoms with Gasteiger partial charge in [0.1, 0.15) is 0 Å². The van der Waals surface area contributed by atoms with Crippen LogP contribution in [0.3, 0.4) is 0 Å². The van der Waals surface area contributed by atoms with Crippen LogP contribution in [0.1, 0.15) is 18.4 Å². The van der Waals surface area contributed by atoms with Crippen LogP contribution in [0.15, 0.2) is 29.2 Å². The molecule has 0 radical (unpaired) electrons. The third-order valence-electron chi connectivity index (χ3n) is 3.14. The van der Waals surface area contributed by atoms with Gasteiger partial charge in [-0.05, 0) is 37.1 Å². The molecule has 1 atom stereocenters. The molecule has 1 aromatic rings. The van der Waals surface area contributed by atoms with Gasteiger partial charge in [0.15, 0.2) is 0 Å². The summed E-state index contributed by atoms with van der Waals surface area (Å²) in [6.07, 6.45) is 2.13. The summed E-state index contributed by atoms with van der Waals surface area (Å²) in [6.45, 7) is 1.62. The summed E-state index contributed by atoms with van der Waals surface area (Å²) in [5.74, 6) is 0. The topological polar surface area (TPSA) is 82.0 Å². The van der Waals surface area contributed by atoms with Crippen LogP contribution in [0.2, 0.25) is 0 Å². The molecular weight excluding hydrogens is 262 g/mol. The van der Waals surface area contributed by atoms with Gasteiger partial charge in [0.05, 0.1) is 17.4 Å². The number of sulfonamides is 1. The van der Waals surface area contributed by atoms with Gasteiger partial charge in [-0.15, -0.1) is 0 Å². The van der Waals surface area contributed by atoms with Crippen LogP contribution in [0, 0.1) is 11.3 Å². The lowest BCUT2D eigenvalue weighted by Gasteiger charge is -2.23. The van der Waals surface area contributed by atoms with Crippen molar-refractivity contribution in [1.29, 1.82) is 5.26 Å². The van der Waals surface area contributed by atoms with E-state index in [-0.39, 0.29) is 10.9 Å². The maximum absolute atomic E-state index is 12.2. The maximum atomic E-state index is 12.2. The van der Waals surface area contributed by atoms with Crippen LogP contribution < -0.4 is 10.0 Å². The molecule has 0 aliphatic carbocycles. The summed E-state index contributed by atoms with van der Waals surface area (Å²) in [7, 11) is -3.46. The smallest absolute Gasteiger partial charge is 0.240 e. The number of hydrogen-bond acceptors (Lipinski definition) is 4. The molecule has 19 heavy (non-hydrogen) atoms. The van der Waals surface area contributed by atoms with Crippen molar-refractivity contribution in [3.8, 4) is 6.07 Å². The molecule has 0 aromatic heterocycles. The van der Waals surface area contributed by atoms with Gasteiger partial charge in [0.25, 0.3) is 0 Å². The molecule has 0 spiro atoms. The minimum atomic E-state index is -3.46. The highest BCUT2D eigenvalue weighted by molar-refractivity contribution is 7.89. The van der Waals surface area contributed by atoms with E-state index in [2.05, 4.69) is 10.0 Å². The first-order chi connectivity index (χ1) is 9.12. The molecule has 0 saturated carbocycles. The molecule has 1 aliphatic heterocycles. The second kappa shape index (κ2) is 6.15. The highest BCUT2D eigenvalue weighted by atomic mass is 32.2. The number of rotatable bonds is 4. The Bertz CT molecular complexity index is 555. The Morgan fingerprint density at radius 2 is 2.11 bits per heavy atom. The summed E-state index contributed by atoms with van der Waals surface area (Å²) in [5.41, 5.74) is 0.820. The van der Waals surface area contributed by atoms with Gasteiger partial charge < -0.3 is 5.32 Å². The quantitative estimate of drug-likeness (QED) is 0.853. The number of nitrogens with zero attached hydrogens (tertiary/aromatic N) is 1. The molecule has 2 N–H and O–H groups in total. The molecular formula is C13H17N3O2S. The predicted octanol–water partition coefficient (Wildman–Crippen LogP) is 0.783. The normalized spacial score (nSPS) is 19.8. The summed E-state index contributed by atoms with van der Waals surface area (Å²) < 4.78 is 27.0. The number of nitrogens with one attached hydrogen (secondary N) is 2. The van der Waals surface area contributed by atoms with Crippen molar-refractivity contribution in [3.05, 3.63) is 29.8 Å². The molecule has 0 amide bonds. The fourth-order valence-corrected chi connectivity index (χ4v) is 3.39. The van der Waals surface area contributed by atoms with Crippen LogP contribution in [0.5, 0.6) is 0 Å². The molecule has 1 aliphatic rings. The van der Waals surface area contributed by atoms with Crippen LogP contribution in [-0.4, -0.2) is 27.5 Å². The van der Waals surface area contributed by atoms with E-state index in [0.717, 1.165) is 24.9 Å². The Kier molecular flexibility index (Phi) is 4.53. The van der Waals surface area contributed by atoms with Crippen LogP contribution in [0.25, 0.3) is 0 Å². The van der Waals surface area contributed by atoms with E-state index in [1.54, 1.807) is 24.3 Å². The second-order valence-corrected chi connectivity index (χ2v) is 6.36. The van der Waals surface area contributed by atoms with Gasteiger partial charge in [-0.3, -0.25) is 0 Å². The molecule has 102 valence electrons. The molecule has 0 bridgehead atoms. The molecule has 6 heteroatoms. The molecule has 1 saturated heterocycles. The minimum Gasteiger partial charge on any atom is -0.315 e. The fraction of sp³-hybridized carbons (Fsp3) is 0.462. The fourth-order valence-electron chi connectivity index (χ4n) is 2.12. The highest BCUT2D eigenvalue weighted by Gasteiger charge is 2.21. The summed E-state index contributed by atoms with van der Waals surface area (Å²) in [6, 6.07) is 8.44. The van der Waals surface area contributed by atoms with E-state index in [1.807, 2.05) is 6.07 Å². The van der Waals surface area contributed by atoms with Crippen molar-refractivity contribution in [2.75, 3.05) is 13.1 Å². The molecule has 5 nitrogen and oxygen atoms in total. The number of hydrogen-bond donors (Lipinski definition) is 2. The van der Waals surface area contributed by atoms with Gasteiger partial charge in [-0.25, -0.2) is 13.1 Å². The van der Waals surface area contributed by atoms with Crippen molar-refractivity contribution < 1.29 is 8.42 Å². The predicted molar refractivity (Wildman–Crippen MR) is 72.0 cm³/mol. The van der Waals surface area contributed by atoms with Gasteiger partial charge in [0.2, 0.25) is 10.0 Å². The number of nitriles is 1. The first-order valence-corrected chi connectivity index (χ1v) is 7.79. The van der Waals surface area contributed by atoms with E-state index in [0.29, 0.717) is 13.0 Å². The SMILES string of the molecule is N#CCc1ccc(S(=O)(=O)N[C@@H]2CCCNC2)cc1. The van der Waals surface area contributed by atoms with E-state index < -0.39 is 10.0 Å². The third kappa shape index (κ3) is 3.77. The Labute approximate surface area is 113 Å². The zero-order chi connectivity index (χ0) is 13.7. The van der Waals surface area contributed by atoms with Crippen molar-refractivity contribution in [3.63, 3.8) is 0 Å². The molecule has 1 heterocycles. The first-order valence-electron chi connectivity index (χ1n) is 6.31. The third-order valence-corrected chi connectivity index (χ3v) is 4.67. The van der Waals surface area contributed by atoms with Gasteiger partial charge in [-0.1, -0.05) is 12.1 Å². The largest absolute Gasteiger partial charge is 0.315 e.